The Morgan fingerprint density at radius 1 is 1.22 bits per heavy atom. The maximum Gasteiger partial charge on any atom is 0.267 e. The van der Waals surface area contributed by atoms with Crippen LogP contribution in [0.2, 0.25) is 0 Å². The molecule has 1 aromatic carbocycles. The van der Waals surface area contributed by atoms with Gasteiger partial charge in [-0.1, -0.05) is 0 Å². The van der Waals surface area contributed by atoms with Crippen LogP contribution in [-0.2, 0) is 9.53 Å². The van der Waals surface area contributed by atoms with Crippen molar-refractivity contribution in [3.05, 3.63) is 18.2 Å². The fraction of sp³-hybridized carbons (Fsp3) is 0.562. The highest BCUT2D eigenvalue weighted by atomic mass is 16.6. The Hall–Kier alpha value is -1.99. The molecule has 2 saturated heterocycles. The average Bonchev–Trinajstić information content (AvgIpc) is 3.02. The minimum Gasteiger partial charge on any atom is -0.508 e. The Balaban J connectivity index is 1.30. The average molecular weight is 320 g/mol. The lowest BCUT2D eigenvalue weighted by Crippen LogP contribution is -2.64. The first-order valence-corrected chi connectivity index (χ1v) is 7.94. The molecule has 1 amide bonds. The van der Waals surface area contributed by atoms with Gasteiger partial charge in [0.1, 0.15) is 12.4 Å². The molecule has 2 atom stereocenters. The first kappa shape index (κ1) is 14.6. The van der Waals surface area contributed by atoms with Crippen molar-refractivity contribution in [2.45, 2.75) is 24.6 Å². The number of amides is 1. The molecule has 0 aromatic heterocycles. The number of benzene rings is 1. The summed E-state index contributed by atoms with van der Waals surface area (Å²) in [6, 6.07) is 5.37. The number of phenolic OH excluding ortho intramolecular Hbond substituents is 1. The lowest BCUT2D eigenvalue weighted by molar-refractivity contribution is -0.146. The van der Waals surface area contributed by atoms with Gasteiger partial charge in [0.05, 0.1) is 6.61 Å². The molecule has 2 fully saturated rings. The standard InChI is InChI=1S/C16H20N2O5/c19-12-1-2-13-14(5-12)23-15(9-22-13)16(20)18-6-11(7-18)17-10-3-4-21-8-10/h1-2,5,10-11,15,17,19H,3-4,6-9H2. The van der Waals surface area contributed by atoms with Crippen molar-refractivity contribution in [3.8, 4) is 17.2 Å². The summed E-state index contributed by atoms with van der Waals surface area (Å²) in [7, 11) is 0. The fourth-order valence-electron chi connectivity index (χ4n) is 3.15. The second-order valence-electron chi connectivity index (χ2n) is 6.22. The van der Waals surface area contributed by atoms with Gasteiger partial charge in [-0.15, -0.1) is 0 Å². The lowest BCUT2D eigenvalue weighted by atomic mass is 10.1. The van der Waals surface area contributed by atoms with Gasteiger partial charge in [-0.25, -0.2) is 0 Å². The Bertz CT molecular complexity index is 596. The molecule has 3 aliphatic heterocycles. The van der Waals surface area contributed by atoms with Crippen LogP contribution in [0.25, 0.3) is 0 Å². The normalized spacial score (nSPS) is 26.9. The van der Waals surface area contributed by atoms with Gasteiger partial charge in [-0.2, -0.15) is 0 Å². The third kappa shape index (κ3) is 2.94. The first-order chi connectivity index (χ1) is 11.2. The van der Waals surface area contributed by atoms with Crippen molar-refractivity contribution in [2.75, 3.05) is 32.9 Å². The van der Waals surface area contributed by atoms with Crippen molar-refractivity contribution < 1.29 is 24.1 Å². The number of likely N-dealkylation sites (tertiary alicyclic amines) is 1. The zero-order chi connectivity index (χ0) is 15.8. The van der Waals surface area contributed by atoms with Crippen LogP contribution in [-0.4, -0.2) is 67.0 Å². The number of fused-ring (bicyclic) bond motifs is 1. The van der Waals surface area contributed by atoms with Crippen molar-refractivity contribution in [1.82, 2.24) is 10.2 Å². The van der Waals surface area contributed by atoms with E-state index in [0.717, 1.165) is 19.6 Å². The maximum atomic E-state index is 12.5. The molecule has 3 aliphatic rings. The van der Waals surface area contributed by atoms with Gasteiger partial charge >= 0.3 is 0 Å². The monoisotopic (exact) mass is 320 g/mol. The molecular weight excluding hydrogens is 300 g/mol. The number of hydrogen-bond acceptors (Lipinski definition) is 6. The molecular formula is C16H20N2O5. The first-order valence-electron chi connectivity index (χ1n) is 7.94. The number of nitrogens with one attached hydrogen (secondary N) is 1. The highest BCUT2D eigenvalue weighted by Gasteiger charge is 2.38. The number of rotatable bonds is 3. The fourth-order valence-corrected chi connectivity index (χ4v) is 3.15. The van der Waals surface area contributed by atoms with Crippen LogP contribution in [0.4, 0.5) is 0 Å². The summed E-state index contributed by atoms with van der Waals surface area (Å²) in [6.07, 6.45) is 0.379. The number of ether oxygens (including phenoxy) is 3. The third-order valence-electron chi connectivity index (χ3n) is 4.46. The van der Waals surface area contributed by atoms with Gasteiger partial charge in [0, 0.05) is 37.8 Å². The van der Waals surface area contributed by atoms with E-state index in [4.69, 9.17) is 14.2 Å². The van der Waals surface area contributed by atoms with Gasteiger partial charge in [0.2, 0.25) is 6.10 Å². The Kier molecular flexibility index (Phi) is 3.74. The molecule has 0 aliphatic carbocycles. The summed E-state index contributed by atoms with van der Waals surface area (Å²) in [6.45, 7) is 3.13. The van der Waals surface area contributed by atoms with E-state index in [1.54, 1.807) is 11.0 Å². The molecule has 0 saturated carbocycles. The van der Waals surface area contributed by atoms with Crippen LogP contribution in [0, 0.1) is 0 Å². The van der Waals surface area contributed by atoms with Crippen molar-refractivity contribution in [2.24, 2.45) is 0 Å². The second-order valence-corrected chi connectivity index (χ2v) is 6.22. The van der Waals surface area contributed by atoms with E-state index in [0.29, 0.717) is 36.7 Å². The van der Waals surface area contributed by atoms with Crippen molar-refractivity contribution >= 4 is 5.91 Å². The minimum absolute atomic E-state index is 0.0697. The molecule has 23 heavy (non-hydrogen) atoms. The Morgan fingerprint density at radius 3 is 2.87 bits per heavy atom. The predicted molar refractivity (Wildman–Crippen MR) is 80.7 cm³/mol. The molecule has 0 bridgehead atoms. The van der Waals surface area contributed by atoms with E-state index in [-0.39, 0.29) is 18.3 Å². The zero-order valence-electron chi connectivity index (χ0n) is 12.7. The van der Waals surface area contributed by atoms with E-state index in [1.807, 2.05) is 0 Å². The summed E-state index contributed by atoms with van der Waals surface area (Å²) < 4.78 is 16.6. The lowest BCUT2D eigenvalue weighted by Gasteiger charge is -2.42. The highest BCUT2D eigenvalue weighted by Crippen LogP contribution is 2.35. The Morgan fingerprint density at radius 2 is 2.09 bits per heavy atom. The van der Waals surface area contributed by atoms with Crippen LogP contribution in [0.3, 0.4) is 0 Å². The molecule has 1 aromatic rings. The number of nitrogens with zero attached hydrogens (tertiary/aromatic N) is 1. The van der Waals surface area contributed by atoms with E-state index >= 15 is 0 Å². The van der Waals surface area contributed by atoms with Crippen molar-refractivity contribution in [1.29, 1.82) is 0 Å². The Labute approximate surface area is 134 Å². The van der Waals surface area contributed by atoms with Gasteiger partial charge in [0.25, 0.3) is 5.91 Å². The summed E-state index contributed by atoms with van der Waals surface area (Å²) >= 11 is 0. The number of carbonyl (C=O) groups is 1. The topological polar surface area (TPSA) is 80.3 Å². The largest absolute Gasteiger partial charge is 0.508 e. The quantitative estimate of drug-likeness (QED) is 0.823. The maximum absolute atomic E-state index is 12.5. The summed E-state index contributed by atoms with van der Waals surface area (Å²) in [5.74, 6) is 0.983. The van der Waals surface area contributed by atoms with Gasteiger partial charge in [0.15, 0.2) is 11.5 Å². The van der Waals surface area contributed by atoms with E-state index < -0.39 is 6.10 Å². The highest BCUT2D eigenvalue weighted by molar-refractivity contribution is 5.82. The predicted octanol–water partition coefficient (Wildman–Crippen LogP) is 0.121. The summed E-state index contributed by atoms with van der Waals surface area (Å²) in [5, 5.41) is 13.0. The second kappa shape index (κ2) is 5.90. The number of hydrogen-bond donors (Lipinski definition) is 2. The van der Waals surface area contributed by atoms with Crippen LogP contribution in [0.15, 0.2) is 18.2 Å². The van der Waals surface area contributed by atoms with E-state index in [9.17, 15) is 9.90 Å². The van der Waals surface area contributed by atoms with Gasteiger partial charge < -0.3 is 29.5 Å². The molecule has 3 heterocycles. The molecule has 2 unspecified atom stereocenters. The summed E-state index contributed by atoms with van der Waals surface area (Å²) in [5.41, 5.74) is 0. The zero-order valence-corrected chi connectivity index (χ0v) is 12.7. The molecule has 2 N–H and O–H groups in total. The van der Waals surface area contributed by atoms with Crippen LogP contribution in [0.5, 0.6) is 17.2 Å². The van der Waals surface area contributed by atoms with E-state index in [2.05, 4.69) is 5.32 Å². The molecule has 7 heteroatoms. The van der Waals surface area contributed by atoms with Crippen LogP contribution >= 0.6 is 0 Å². The van der Waals surface area contributed by atoms with Gasteiger partial charge in [-0.05, 0) is 18.6 Å². The number of phenols is 1. The van der Waals surface area contributed by atoms with E-state index in [1.165, 1.54) is 12.1 Å². The molecule has 0 spiro atoms. The van der Waals surface area contributed by atoms with Crippen LogP contribution in [0.1, 0.15) is 6.42 Å². The number of carbonyl (C=O) groups excluding carboxylic acids is 1. The van der Waals surface area contributed by atoms with Gasteiger partial charge in [-0.3, -0.25) is 4.79 Å². The van der Waals surface area contributed by atoms with Crippen LogP contribution < -0.4 is 14.8 Å². The minimum atomic E-state index is -0.653. The number of aromatic hydroxyl groups is 1. The van der Waals surface area contributed by atoms with Crippen molar-refractivity contribution in [3.63, 3.8) is 0 Å². The summed E-state index contributed by atoms with van der Waals surface area (Å²) in [4.78, 5) is 14.2. The molecule has 124 valence electrons. The molecule has 0 radical (unpaired) electrons. The molecule has 4 rings (SSSR count). The third-order valence-corrected chi connectivity index (χ3v) is 4.46. The SMILES string of the molecule is O=C(C1COc2ccc(O)cc2O1)N1CC(NC2CCOC2)C1. The smallest absolute Gasteiger partial charge is 0.267 e. The molecule has 7 nitrogen and oxygen atoms in total.